The molecule has 0 bridgehead atoms. The van der Waals surface area contributed by atoms with Crippen LogP contribution in [0, 0.1) is 0 Å². The maximum absolute atomic E-state index is 11.9. The Hall–Kier alpha value is -1.83. The average Bonchev–Trinajstić information content (AvgIpc) is 2.33. The Bertz CT molecular complexity index is 367. The Morgan fingerprint density at radius 2 is 1.90 bits per heavy atom. The Morgan fingerprint density at radius 3 is 2.30 bits per heavy atom. The molecule has 0 aliphatic heterocycles. The number of carboxylic acid groups (broad SMARTS) is 1. The number of rotatable bonds is 7. The monoisotopic (exact) mass is 290 g/mol. The third-order valence-electron chi connectivity index (χ3n) is 2.53. The summed E-state index contributed by atoms with van der Waals surface area (Å²) < 4.78 is 4.75. The summed E-state index contributed by atoms with van der Waals surface area (Å²) in [5.74, 6) is -2.00. The zero-order valence-electron chi connectivity index (χ0n) is 12.2. The molecule has 8 nitrogen and oxygen atoms in total. The van der Waals surface area contributed by atoms with Gasteiger partial charge >= 0.3 is 18.0 Å². The summed E-state index contributed by atoms with van der Waals surface area (Å²) in [5, 5.41) is 20.5. The quantitative estimate of drug-likeness (QED) is 0.559. The van der Waals surface area contributed by atoms with Gasteiger partial charge in [0.25, 0.3) is 0 Å². The molecule has 0 rings (SSSR count). The summed E-state index contributed by atoms with van der Waals surface area (Å²) in [6, 6.07) is -0.927. The molecule has 0 spiro atoms. The molecule has 0 aliphatic rings. The van der Waals surface area contributed by atoms with E-state index in [4.69, 9.17) is 9.84 Å². The van der Waals surface area contributed by atoms with Crippen molar-refractivity contribution in [1.29, 1.82) is 0 Å². The second-order valence-corrected chi connectivity index (χ2v) is 4.76. The van der Waals surface area contributed by atoms with Gasteiger partial charge in [-0.25, -0.2) is 9.59 Å². The SMILES string of the molecule is CCOC(=O)CN(C(=O)NCC(C)(O)C(=O)O)C(C)C. The normalized spacial score (nSPS) is 13.5. The number of carboxylic acids is 1. The number of aliphatic carboxylic acids is 1. The molecule has 0 heterocycles. The second kappa shape index (κ2) is 7.68. The number of ether oxygens (including phenoxy) is 1. The van der Waals surface area contributed by atoms with E-state index >= 15 is 0 Å². The molecular weight excluding hydrogens is 268 g/mol. The minimum atomic E-state index is -2.07. The molecule has 0 saturated heterocycles. The van der Waals surface area contributed by atoms with Crippen LogP contribution in [0.3, 0.4) is 0 Å². The number of nitrogens with zero attached hydrogens (tertiary/aromatic N) is 1. The van der Waals surface area contributed by atoms with Gasteiger partial charge in [-0.15, -0.1) is 0 Å². The minimum absolute atomic E-state index is 0.208. The van der Waals surface area contributed by atoms with Crippen molar-refractivity contribution in [1.82, 2.24) is 10.2 Å². The standard InChI is InChI=1S/C12H22N2O6/c1-5-20-9(15)6-14(8(2)3)11(18)13-7-12(4,19)10(16)17/h8,19H,5-7H2,1-4H3,(H,13,18)(H,16,17). The van der Waals surface area contributed by atoms with Crippen molar-refractivity contribution in [2.24, 2.45) is 0 Å². The van der Waals surface area contributed by atoms with Gasteiger partial charge in [-0.05, 0) is 27.7 Å². The van der Waals surface area contributed by atoms with Gasteiger partial charge < -0.3 is 25.2 Å². The lowest BCUT2D eigenvalue weighted by molar-refractivity contribution is -0.156. The number of hydrogen-bond acceptors (Lipinski definition) is 5. The number of aliphatic hydroxyl groups is 1. The highest BCUT2D eigenvalue weighted by Crippen LogP contribution is 2.04. The molecule has 3 N–H and O–H groups in total. The lowest BCUT2D eigenvalue weighted by Gasteiger charge is -2.27. The van der Waals surface area contributed by atoms with Gasteiger partial charge in [0.1, 0.15) is 6.54 Å². The zero-order valence-corrected chi connectivity index (χ0v) is 12.2. The van der Waals surface area contributed by atoms with E-state index in [1.54, 1.807) is 20.8 Å². The van der Waals surface area contributed by atoms with Crippen LogP contribution in [0.1, 0.15) is 27.7 Å². The molecule has 1 atom stereocenters. The van der Waals surface area contributed by atoms with E-state index < -0.39 is 30.1 Å². The fourth-order valence-electron chi connectivity index (χ4n) is 1.26. The first-order valence-corrected chi connectivity index (χ1v) is 6.27. The summed E-state index contributed by atoms with van der Waals surface area (Å²) >= 11 is 0. The summed E-state index contributed by atoms with van der Waals surface area (Å²) in [4.78, 5) is 35.2. The third-order valence-corrected chi connectivity index (χ3v) is 2.53. The third kappa shape index (κ3) is 5.87. The predicted molar refractivity (Wildman–Crippen MR) is 70.1 cm³/mol. The number of urea groups is 1. The van der Waals surface area contributed by atoms with Crippen LogP contribution in [0.2, 0.25) is 0 Å². The van der Waals surface area contributed by atoms with Gasteiger partial charge in [0.05, 0.1) is 13.2 Å². The van der Waals surface area contributed by atoms with E-state index in [1.165, 1.54) is 4.90 Å². The first-order chi connectivity index (χ1) is 9.11. The number of nitrogens with one attached hydrogen (secondary N) is 1. The Balaban J connectivity index is 4.59. The number of amides is 2. The molecule has 0 aromatic carbocycles. The van der Waals surface area contributed by atoms with Gasteiger partial charge in [-0.2, -0.15) is 0 Å². The highest BCUT2D eigenvalue weighted by Gasteiger charge is 2.31. The second-order valence-electron chi connectivity index (χ2n) is 4.76. The number of hydrogen-bond donors (Lipinski definition) is 3. The minimum Gasteiger partial charge on any atom is -0.479 e. The fraction of sp³-hybridized carbons (Fsp3) is 0.750. The van der Waals surface area contributed by atoms with Gasteiger partial charge in [0, 0.05) is 6.04 Å². The lowest BCUT2D eigenvalue weighted by Crippen LogP contribution is -2.52. The van der Waals surface area contributed by atoms with E-state index in [0.29, 0.717) is 0 Å². The molecule has 0 fully saturated rings. The van der Waals surface area contributed by atoms with Crippen molar-refractivity contribution in [3.8, 4) is 0 Å². The van der Waals surface area contributed by atoms with Gasteiger partial charge in [0.2, 0.25) is 0 Å². The Labute approximate surface area is 117 Å². The molecule has 8 heteroatoms. The smallest absolute Gasteiger partial charge is 0.337 e. The van der Waals surface area contributed by atoms with Crippen molar-refractivity contribution in [2.45, 2.75) is 39.3 Å². The largest absolute Gasteiger partial charge is 0.479 e. The maximum Gasteiger partial charge on any atom is 0.337 e. The fourth-order valence-corrected chi connectivity index (χ4v) is 1.26. The molecule has 0 radical (unpaired) electrons. The van der Waals surface area contributed by atoms with Crippen LogP contribution in [0.15, 0.2) is 0 Å². The van der Waals surface area contributed by atoms with Crippen LogP contribution in [-0.2, 0) is 14.3 Å². The van der Waals surface area contributed by atoms with Crippen molar-refractivity contribution in [3.05, 3.63) is 0 Å². The first-order valence-electron chi connectivity index (χ1n) is 6.27. The Morgan fingerprint density at radius 1 is 1.35 bits per heavy atom. The molecule has 2 amide bonds. The van der Waals surface area contributed by atoms with Crippen LogP contribution in [0.5, 0.6) is 0 Å². The summed E-state index contributed by atoms with van der Waals surface area (Å²) in [7, 11) is 0. The summed E-state index contributed by atoms with van der Waals surface area (Å²) in [6.07, 6.45) is 0. The first kappa shape index (κ1) is 18.2. The molecule has 0 aromatic rings. The Kier molecular flexibility index (Phi) is 6.98. The van der Waals surface area contributed by atoms with Gasteiger partial charge in [-0.3, -0.25) is 4.79 Å². The molecule has 0 saturated carbocycles. The lowest BCUT2D eigenvalue weighted by atomic mass is 10.1. The average molecular weight is 290 g/mol. The number of carbonyl (C=O) groups is 3. The van der Waals surface area contributed by atoms with Crippen LogP contribution >= 0.6 is 0 Å². The van der Waals surface area contributed by atoms with Crippen molar-refractivity contribution >= 4 is 18.0 Å². The van der Waals surface area contributed by atoms with Crippen LogP contribution in [0.25, 0.3) is 0 Å². The molecule has 0 aliphatic carbocycles. The topological polar surface area (TPSA) is 116 Å². The zero-order chi connectivity index (χ0) is 15.9. The van der Waals surface area contributed by atoms with Gasteiger partial charge in [-0.1, -0.05) is 0 Å². The summed E-state index contributed by atoms with van der Waals surface area (Å²) in [5.41, 5.74) is -2.07. The van der Waals surface area contributed by atoms with Crippen molar-refractivity contribution < 1.29 is 29.3 Å². The van der Waals surface area contributed by atoms with E-state index in [2.05, 4.69) is 5.32 Å². The van der Waals surface area contributed by atoms with E-state index in [0.717, 1.165) is 6.92 Å². The summed E-state index contributed by atoms with van der Waals surface area (Å²) in [6.45, 7) is 5.63. The molecule has 1 unspecified atom stereocenters. The molecule has 0 aromatic heterocycles. The van der Waals surface area contributed by atoms with E-state index in [1.807, 2.05) is 0 Å². The van der Waals surface area contributed by atoms with Crippen molar-refractivity contribution in [2.75, 3.05) is 19.7 Å². The maximum atomic E-state index is 11.9. The van der Waals surface area contributed by atoms with E-state index in [9.17, 15) is 19.5 Å². The van der Waals surface area contributed by atoms with E-state index in [-0.39, 0.29) is 19.2 Å². The van der Waals surface area contributed by atoms with Crippen molar-refractivity contribution in [3.63, 3.8) is 0 Å². The van der Waals surface area contributed by atoms with Crippen LogP contribution in [0.4, 0.5) is 4.79 Å². The van der Waals surface area contributed by atoms with Crippen LogP contribution < -0.4 is 5.32 Å². The molecular formula is C12H22N2O6. The van der Waals surface area contributed by atoms with Gasteiger partial charge in [0.15, 0.2) is 5.60 Å². The predicted octanol–water partition coefficient (Wildman–Crippen LogP) is -0.195. The number of esters is 1. The molecule has 20 heavy (non-hydrogen) atoms. The highest BCUT2D eigenvalue weighted by molar-refractivity contribution is 5.82. The van der Waals surface area contributed by atoms with Crippen LogP contribution in [-0.4, -0.2) is 64.4 Å². The molecule has 116 valence electrons. The highest BCUT2D eigenvalue weighted by atomic mass is 16.5. The number of carbonyl (C=O) groups excluding carboxylic acids is 2.